The molecule has 7 nitrogen and oxygen atoms in total. The van der Waals surface area contributed by atoms with Gasteiger partial charge in [-0.1, -0.05) is 6.07 Å². The predicted octanol–water partition coefficient (Wildman–Crippen LogP) is 3.79. The molecule has 0 unspecified atom stereocenters. The highest BCUT2D eigenvalue weighted by Gasteiger charge is 2.17. The Labute approximate surface area is 167 Å². The highest BCUT2D eigenvalue weighted by molar-refractivity contribution is 6.02. The molecular weight excluding hydrogens is 372 g/mol. The van der Waals surface area contributed by atoms with Crippen molar-refractivity contribution in [2.24, 2.45) is 0 Å². The van der Waals surface area contributed by atoms with E-state index in [4.69, 9.17) is 13.9 Å². The monoisotopic (exact) mass is 392 g/mol. The number of carbonyl (C=O) groups excluding carboxylic acids is 2. The number of carbonyl (C=O) groups is 2. The second kappa shape index (κ2) is 8.10. The number of fused-ring (bicyclic) bond motifs is 1. The van der Waals surface area contributed by atoms with E-state index in [2.05, 4.69) is 10.6 Å². The van der Waals surface area contributed by atoms with Gasteiger partial charge in [0.25, 0.3) is 11.8 Å². The van der Waals surface area contributed by atoms with Gasteiger partial charge in [-0.2, -0.15) is 0 Å². The molecular formula is C22H20N2O5. The summed E-state index contributed by atoms with van der Waals surface area (Å²) in [6, 6.07) is 15.3. The Morgan fingerprint density at radius 2 is 1.69 bits per heavy atom. The molecule has 2 heterocycles. The Bertz CT molecular complexity index is 1010. The number of ether oxygens (including phenoxy) is 2. The van der Waals surface area contributed by atoms with Gasteiger partial charge >= 0.3 is 0 Å². The highest BCUT2D eigenvalue weighted by Crippen LogP contribution is 2.32. The van der Waals surface area contributed by atoms with E-state index in [0.717, 1.165) is 5.56 Å². The van der Waals surface area contributed by atoms with Gasteiger partial charge < -0.3 is 24.5 Å². The number of amides is 2. The summed E-state index contributed by atoms with van der Waals surface area (Å²) in [6.45, 7) is 2.96. The van der Waals surface area contributed by atoms with Crippen LogP contribution in [-0.4, -0.2) is 25.0 Å². The SMILES string of the molecule is C[C@H](NC(=O)c1ccc(NC(=O)c2ccco2)cc1)c1ccc2c(c1)OCCO2. The van der Waals surface area contributed by atoms with Gasteiger partial charge in [0.15, 0.2) is 17.3 Å². The van der Waals surface area contributed by atoms with E-state index in [1.807, 2.05) is 25.1 Å². The summed E-state index contributed by atoms with van der Waals surface area (Å²) < 4.78 is 16.2. The second-order valence-corrected chi connectivity index (χ2v) is 6.61. The molecule has 148 valence electrons. The first-order chi connectivity index (χ1) is 14.1. The summed E-state index contributed by atoms with van der Waals surface area (Å²) in [5.41, 5.74) is 1.98. The van der Waals surface area contributed by atoms with Crippen LogP contribution >= 0.6 is 0 Å². The van der Waals surface area contributed by atoms with Crippen molar-refractivity contribution in [3.63, 3.8) is 0 Å². The number of rotatable bonds is 5. The zero-order valence-corrected chi connectivity index (χ0v) is 15.8. The Morgan fingerprint density at radius 1 is 0.931 bits per heavy atom. The van der Waals surface area contributed by atoms with E-state index in [9.17, 15) is 9.59 Å². The molecule has 0 fully saturated rings. The number of hydrogen-bond donors (Lipinski definition) is 2. The standard InChI is InChI=1S/C22H20N2O5/c1-14(16-6-9-18-20(13-16)29-12-11-28-18)23-21(25)15-4-7-17(8-5-15)24-22(26)19-3-2-10-27-19/h2-10,13-14H,11-12H2,1H3,(H,23,25)(H,24,26)/t14-/m0/s1. The summed E-state index contributed by atoms with van der Waals surface area (Å²) in [5, 5.41) is 5.68. The van der Waals surface area contributed by atoms with Gasteiger partial charge in [-0.05, 0) is 61.0 Å². The molecule has 1 aromatic heterocycles. The van der Waals surface area contributed by atoms with E-state index in [-0.39, 0.29) is 23.6 Å². The van der Waals surface area contributed by atoms with Crippen molar-refractivity contribution in [3.05, 3.63) is 77.7 Å². The lowest BCUT2D eigenvalue weighted by atomic mass is 10.1. The molecule has 1 aliphatic heterocycles. The van der Waals surface area contributed by atoms with Crippen LogP contribution in [0.1, 0.15) is 39.4 Å². The number of anilines is 1. The Hall–Kier alpha value is -3.74. The fraction of sp³-hybridized carbons (Fsp3) is 0.182. The van der Waals surface area contributed by atoms with Crippen molar-refractivity contribution >= 4 is 17.5 Å². The van der Waals surface area contributed by atoms with Gasteiger partial charge in [0.05, 0.1) is 12.3 Å². The van der Waals surface area contributed by atoms with Gasteiger partial charge in [-0.15, -0.1) is 0 Å². The van der Waals surface area contributed by atoms with Crippen LogP contribution in [0.2, 0.25) is 0 Å². The first kappa shape index (κ1) is 18.6. The lowest BCUT2D eigenvalue weighted by molar-refractivity contribution is 0.0939. The highest BCUT2D eigenvalue weighted by atomic mass is 16.6. The molecule has 1 aliphatic rings. The number of hydrogen-bond acceptors (Lipinski definition) is 5. The maximum atomic E-state index is 12.6. The van der Waals surface area contributed by atoms with Crippen LogP contribution in [0.15, 0.2) is 65.3 Å². The van der Waals surface area contributed by atoms with Crippen molar-refractivity contribution < 1.29 is 23.5 Å². The van der Waals surface area contributed by atoms with Gasteiger partial charge in [0, 0.05) is 11.3 Å². The molecule has 2 aromatic carbocycles. The van der Waals surface area contributed by atoms with Crippen LogP contribution in [0.5, 0.6) is 11.5 Å². The fourth-order valence-corrected chi connectivity index (χ4v) is 3.00. The van der Waals surface area contributed by atoms with E-state index in [1.165, 1.54) is 6.26 Å². The maximum Gasteiger partial charge on any atom is 0.291 e. The molecule has 0 radical (unpaired) electrons. The minimum atomic E-state index is -0.348. The molecule has 1 atom stereocenters. The summed E-state index contributed by atoms with van der Waals surface area (Å²) in [5.74, 6) is 1.06. The van der Waals surface area contributed by atoms with E-state index >= 15 is 0 Å². The summed E-state index contributed by atoms with van der Waals surface area (Å²) in [7, 11) is 0. The van der Waals surface area contributed by atoms with E-state index < -0.39 is 0 Å². The largest absolute Gasteiger partial charge is 0.486 e. The molecule has 0 saturated heterocycles. The third-order valence-electron chi connectivity index (χ3n) is 4.56. The lowest BCUT2D eigenvalue weighted by Crippen LogP contribution is -2.26. The molecule has 7 heteroatoms. The smallest absolute Gasteiger partial charge is 0.291 e. The van der Waals surface area contributed by atoms with Crippen LogP contribution in [0.3, 0.4) is 0 Å². The van der Waals surface area contributed by atoms with Crippen molar-refractivity contribution in [1.29, 1.82) is 0 Å². The number of furan rings is 1. The van der Waals surface area contributed by atoms with Crippen molar-refractivity contribution in [1.82, 2.24) is 5.32 Å². The van der Waals surface area contributed by atoms with Crippen molar-refractivity contribution in [2.45, 2.75) is 13.0 Å². The molecule has 2 amide bonds. The predicted molar refractivity (Wildman–Crippen MR) is 106 cm³/mol. The fourth-order valence-electron chi connectivity index (χ4n) is 3.00. The molecule has 29 heavy (non-hydrogen) atoms. The molecule has 0 spiro atoms. The maximum absolute atomic E-state index is 12.6. The zero-order valence-electron chi connectivity index (χ0n) is 15.8. The van der Waals surface area contributed by atoms with Crippen molar-refractivity contribution in [2.75, 3.05) is 18.5 Å². The Kier molecular flexibility index (Phi) is 5.20. The Balaban J connectivity index is 1.38. The van der Waals surface area contributed by atoms with Gasteiger partial charge in [-0.25, -0.2) is 0 Å². The first-order valence-corrected chi connectivity index (χ1v) is 9.25. The molecule has 4 rings (SSSR count). The van der Waals surface area contributed by atoms with Gasteiger partial charge in [0.2, 0.25) is 0 Å². The normalized spacial score (nSPS) is 13.4. The second-order valence-electron chi connectivity index (χ2n) is 6.61. The average Bonchev–Trinajstić information content (AvgIpc) is 3.29. The average molecular weight is 392 g/mol. The zero-order chi connectivity index (χ0) is 20.2. The van der Waals surface area contributed by atoms with Crippen LogP contribution < -0.4 is 20.1 Å². The van der Waals surface area contributed by atoms with Crippen LogP contribution in [0.25, 0.3) is 0 Å². The third-order valence-corrected chi connectivity index (χ3v) is 4.56. The third kappa shape index (κ3) is 4.24. The molecule has 3 aromatic rings. The summed E-state index contributed by atoms with van der Waals surface area (Å²) in [4.78, 5) is 24.6. The van der Waals surface area contributed by atoms with E-state index in [1.54, 1.807) is 36.4 Å². The number of nitrogens with one attached hydrogen (secondary N) is 2. The summed E-state index contributed by atoms with van der Waals surface area (Å²) in [6.07, 6.45) is 1.44. The minimum absolute atomic E-state index is 0.211. The minimum Gasteiger partial charge on any atom is -0.486 e. The quantitative estimate of drug-likeness (QED) is 0.689. The Morgan fingerprint density at radius 3 is 2.41 bits per heavy atom. The van der Waals surface area contributed by atoms with Crippen LogP contribution in [-0.2, 0) is 0 Å². The molecule has 0 aliphatic carbocycles. The molecule has 2 N–H and O–H groups in total. The molecule has 0 saturated carbocycles. The van der Waals surface area contributed by atoms with Gasteiger partial charge in [-0.3, -0.25) is 9.59 Å². The van der Waals surface area contributed by atoms with Crippen LogP contribution in [0.4, 0.5) is 5.69 Å². The molecule has 0 bridgehead atoms. The number of benzene rings is 2. The lowest BCUT2D eigenvalue weighted by Gasteiger charge is -2.21. The topological polar surface area (TPSA) is 89.8 Å². The van der Waals surface area contributed by atoms with Gasteiger partial charge in [0.1, 0.15) is 13.2 Å². The van der Waals surface area contributed by atoms with Crippen molar-refractivity contribution in [3.8, 4) is 11.5 Å². The first-order valence-electron chi connectivity index (χ1n) is 9.25. The van der Waals surface area contributed by atoms with Crippen LogP contribution in [0, 0.1) is 0 Å². The summed E-state index contributed by atoms with van der Waals surface area (Å²) >= 11 is 0. The van der Waals surface area contributed by atoms with E-state index in [0.29, 0.717) is 36.0 Å².